The number of nitrogens with one attached hydrogen (secondary N) is 1. The Bertz CT molecular complexity index is 896. The van der Waals surface area contributed by atoms with Gasteiger partial charge in [0, 0.05) is 35.4 Å². The molecule has 134 valence electrons. The van der Waals surface area contributed by atoms with Crippen molar-refractivity contribution in [3.05, 3.63) is 64.4 Å². The quantitative estimate of drug-likeness (QED) is 0.881. The Morgan fingerprint density at radius 3 is 2.38 bits per heavy atom. The summed E-state index contributed by atoms with van der Waals surface area (Å²) in [6, 6.07) is 12.4. The van der Waals surface area contributed by atoms with Crippen LogP contribution in [0, 0.1) is 6.92 Å². The SMILES string of the molecule is COc1cc2c(cc1OC)C(c1ccc(C)cc1)C1=C(CCCC1=O)N2. The number of fused-ring (bicyclic) bond motifs is 1. The number of hydrogen-bond acceptors (Lipinski definition) is 4. The topological polar surface area (TPSA) is 47.6 Å². The zero-order valence-electron chi connectivity index (χ0n) is 15.4. The molecule has 1 heterocycles. The standard InChI is InChI=1S/C22H23NO3/c1-13-7-9-14(10-8-13)21-15-11-19(25-2)20(26-3)12-17(15)23-16-5-4-6-18(24)22(16)21/h7-12,21,23H,4-6H2,1-3H3. The van der Waals surface area contributed by atoms with Crippen LogP contribution in [-0.2, 0) is 4.79 Å². The number of methoxy groups -OCH3 is 2. The summed E-state index contributed by atoms with van der Waals surface area (Å²) in [6.45, 7) is 2.07. The first-order valence-electron chi connectivity index (χ1n) is 8.98. The van der Waals surface area contributed by atoms with E-state index in [1.807, 2.05) is 12.1 Å². The lowest BCUT2D eigenvalue weighted by Gasteiger charge is -2.34. The lowest BCUT2D eigenvalue weighted by atomic mass is 9.75. The molecule has 1 unspecified atom stereocenters. The van der Waals surface area contributed by atoms with Gasteiger partial charge in [-0.3, -0.25) is 4.79 Å². The Hall–Kier alpha value is -2.75. The molecule has 4 heteroatoms. The summed E-state index contributed by atoms with van der Waals surface area (Å²) in [6.07, 6.45) is 2.41. The Labute approximate surface area is 153 Å². The van der Waals surface area contributed by atoms with E-state index in [9.17, 15) is 4.79 Å². The Morgan fingerprint density at radius 2 is 1.69 bits per heavy atom. The molecule has 4 rings (SSSR count). The molecule has 0 fully saturated rings. The molecule has 0 aromatic heterocycles. The summed E-state index contributed by atoms with van der Waals surface area (Å²) in [5, 5.41) is 3.49. The Kier molecular flexibility index (Phi) is 4.19. The second-order valence-corrected chi connectivity index (χ2v) is 6.93. The van der Waals surface area contributed by atoms with E-state index < -0.39 is 0 Å². The van der Waals surface area contributed by atoms with Crippen LogP contribution in [0.4, 0.5) is 5.69 Å². The number of anilines is 1. The van der Waals surface area contributed by atoms with Crippen molar-refractivity contribution < 1.29 is 14.3 Å². The fourth-order valence-electron chi connectivity index (χ4n) is 3.99. The molecule has 0 amide bonds. The normalized spacial score (nSPS) is 18.7. The average Bonchev–Trinajstić information content (AvgIpc) is 2.66. The van der Waals surface area contributed by atoms with Crippen LogP contribution < -0.4 is 14.8 Å². The van der Waals surface area contributed by atoms with E-state index in [0.717, 1.165) is 40.9 Å². The van der Waals surface area contributed by atoms with Gasteiger partial charge in [-0.1, -0.05) is 29.8 Å². The predicted octanol–water partition coefficient (Wildman–Crippen LogP) is 4.58. The molecule has 0 saturated heterocycles. The third-order valence-corrected chi connectivity index (χ3v) is 5.31. The minimum atomic E-state index is -0.0746. The van der Waals surface area contributed by atoms with Crippen LogP contribution in [-0.4, -0.2) is 20.0 Å². The maximum Gasteiger partial charge on any atom is 0.162 e. The highest BCUT2D eigenvalue weighted by Gasteiger charge is 2.35. The lowest BCUT2D eigenvalue weighted by molar-refractivity contribution is -0.116. The van der Waals surface area contributed by atoms with E-state index in [1.54, 1.807) is 14.2 Å². The zero-order chi connectivity index (χ0) is 18.3. The summed E-state index contributed by atoms with van der Waals surface area (Å²) >= 11 is 0. The first kappa shape index (κ1) is 16.7. The molecule has 1 aliphatic heterocycles. The fraction of sp³-hybridized carbons (Fsp3) is 0.318. The highest BCUT2D eigenvalue weighted by molar-refractivity contribution is 6.01. The molecule has 1 N–H and O–H groups in total. The first-order valence-corrected chi connectivity index (χ1v) is 8.98. The first-order chi connectivity index (χ1) is 12.6. The second-order valence-electron chi connectivity index (χ2n) is 6.93. The van der Waals surface area contributed by atoms with Gasteiger partial charge in [0.2, 0.25) is 0 Å². The molecule has 0 bridgehead atoms. The van der Waals surface area contributed by atoms with Crippen LogP contribution in [0.1, 0.15) is 41.9 Å². The largest absolute Gasteiger partial charge is 0.493 e. The molecule has 0 spiro atoms. The van der Waals surface area contributed by atoms with Crippen LogP contribution in [0.2, 0.25) is 0 Å². The second kappa shape index (κ2) is 6.52. The van der Waals surface area contributed by atoms with E-state index in [4.69, 9.17) is 9.47 Å². The number of Topliss-reactive ketones (excluding diaryl/α,β-unsaturated/α-hetero) is 1. The molecule has 2 aromatic carbocycles. The van der Waals surface area contributed by atoms with Crippen molar-refractivity contribution in [2.45, 2.75) is 32.1 Å². The van der Waals surface area contributed by atoms with Crippen molar-refractivity contribution in [3.63, 3.8) is 0 Å². The van der Waals surface area contributed by atoms with Gasteiger partial charge in [0.05, 0.1) is 14.2 Å². The van der Waals surface area contributed by atoms with Crippen LogP contribution >= 0.6 is 0 Å². The van der Waals surface area contributed by atoms with Gasteiger partial charge in [0.15, 0.2) is 17.3 Å². The van der Waals surface area contributed by atoms with Gasteiger partial charge in [0.25, 0.3) is 0 Å². The number of hydrogen-bond donors (Lipinski definition) is 1. The zero-order valence-corrected chi connectivity index (χ0v) is 15.4. The molecule has 26 heavy (non-hydrogen) atoms. The minimum Gasteiger partial charge on any atom is -0.493 e. The number of rotatable bonds is 3. The summed E-state index contributed by atoms with van der Waals surface area (Å²) in [5.74, 6) is 1.53. The van der Waals surface area contributed by atoms with Gasteiger partial charge in [-0.05, 0) is 37.0 Å². The maximum absolute atomic E-state index is 12.8. The van der Waals surface area contributed by atoms with Crippen molar-refractivity contribution in [2.75, 3.05) is 19.5 Å². The molecular formula is C22H23NO3. The predicted molar refractivity (Wildman–Crippen MR) is 102 cm³/mol. The van der Waals surface area contributed by atoms with Crippen molar-refractivity contribution >= 4 is 11.5 Å². The molecule has 1 atom stereocenters. The number of ether oxygens (including phenoxy) is 2. The summed E-state index contributed by atoms with van der Waals surface area (Å²) < 4.78 is 11.0. The molecule has 4 nitrogen and oxygen atoms in total. The minimum absolute atomic E-state index is 0.0746. The van der Waals surface area contributed by atoms with E-state index in [2.05, 4.69) is 36.5 Å². The Morgan fingerprint density at radius 1 is 1.00 bits per heavy atom. The van der Waals surface area contributed by atoms with Crippen molar-refractivity contribution in [2.24, 2.45) is 0 Å². The number of carbonyl (C=O) groups excluding carboxylic acids is 1. The molecule has 1 aliphatic carbocycles. The monoisotopic (exact) mass is 349 g/mol. The highest BCUT2D eigenvalue weighted by Crippen LogP contribution is 2.48. The van der Waals surface area contributed by atoms with E-state index in [-0.39, 0.29) is 11.7 Å². The number of allylic oxidation sites excluding steroid dienone is 2. The van der Waals surface area contributed by atoms with Gasteiger partial charge in [0.1, 0.15) is 0 Å². The average molecular weight is 349 g/mol. The molecule has 2 aromatic rings. The van der Waals surface area contributed by atoms with E-state index >= 15 is 0 Å². The van der Waals surface area contributed by atoms with Crippen LogP contribution in [0.25, 0.3) is 0 Å². The summed E-state index contributed by atoms with van der Waals surface area (Å²) in [7, 11) is 3.28. The Balaban J connectivity index is 1.94. The molecule has 2 aliphatic rings. The van der Waals surface area contributed by atoms with Crippen LogP contribution in [0.15, 0.2) is 47.7 Å². The number of ketones is 1. The smallest absolute Gasteiger partial charge is 0.162 e. The van der Waals surface area contributed by atoms with Crippen LogP contribution in [0.5, 0.6) is 11.5 Å². The van der Waals surface area contributed by atoms with E-state index in [0.29, 0.717) is 17.9 Å². The molecule has 0 saturated carbocycles. The summed E-state index contributed by atoms with van der Waals surface area (Å²) in [4.78, 5) is 12.8. The van der Waals surface area contributed by atoms with Gasteiger partial charge in [-0.15, -0.1) is 0 Å². The van der Waals surface area contributed by atoms with Gasteiger partial charge < -0.3 is 14.8 Å². The van der Waals surface area contributed by atoms with Gasteiger partial charge in [-0.25, -0.2) is 0 Å². The third kappa shape index (κ3) is 2.66. The van der Waals surface area contributed by atoms with Gasteiger partial charge in [-0.2, -0.15) is 0 Å². The van der Waals surface area contributed by atoms with Crippen molar-refractivity contribution in [3.8, 4) is 11.5 Å². The van der Waals surface area contributed by atoms with Crippen LogP contribution in [0.3, 0.4) is 0 Å². The number of benzene rings is 2. The van der Waals surface area contributed by atoms with E-state index in [1.165, 1.54) is 5.56 Å². The number of carbonyl (C=O) groups is 1. The maximum atomic E-state index is 12.8. The van der Waals surface area contributed by atoms with Gasteiger partial charge >= 0.3 is 0 Å². The molecular weight excluding hydrogens is 326 g/mol. The van der Waals surface area contributed by atoms with Crippen molar-refractivity contribution in [1.29, 1.82) is 0 Å². The summed E-state index contributed by atoms with van der Waals surface area (Å²) in [5.41, 5.74) is 6.33. The molecule has 0 radical (unpaired) electrons. The highest BCUT2D eigenvalue weighted by atomic mass is 16.5. The third-order valence-electron chi connectivity index (χ3n) is 5.31. The number of aryl methyl sites for hydroxylation is 1. The fourth-order valence-corrected chi connectivity index (χ4v) is 3.99. The lowest BCUT2D eigenvalue weighted by Crippen LogP contribution is -2.27. The van der Waals surface area contributed by atoms with Crippen molar-refractivity contribution in [1.82, 2.24) is 0 Å².